The summed E-state index contributed by atoms with van der Waals surface area (Å²) in [7, 11) is 0. The van der Waals surface area contributed by atoms with Crippen LogP contribution in [0.15, 0.2) is 24.3 Å². The zero-order chi connectivity index (χ0) is 13.3. The molecule has 0 heterocycles. The Morgan fingerprint density at radius 1 is 1.18 bits per heavy atom. The molecular formula is C12H15F3O2. The molecule has 1 rings (SSSR count). The first-order valence-corrected chi connectivity index (χ1v) is 5.13. The highest BCUT2D eigenvalue weighted by molar-refractivity contribution is 5.30. The summed E-state index contributed by atoms with van der Waals surface area (Å²) in [6.07, 6.45) is -5.56. The van der Waals surface area contributed by atoms with Crippen LogP contribution in [0.4, 0.5) is 13.2 Å². The molecule has 1 atom stereocenters. The molecule has 0 spiro atoms. The maximum absolute atomic E-state index is 12.0. The van der Waals surface area contributed by atoms with Gasteiger partial charge in [-0.3, -0.25) is 0 Å². The molecule has 0 amide bonds. The van der Waals surface area contributed by atoms with Gasteiger partial charge in [0.1, 0.15) is 5.75 Å². The molecule has 1 aromatic rings. The van der Waals surface area contributed by atoms with E-state index in [0.717, 1.165) is 0 Å². The van der Waals surface area contributed by atoms with Gasteiger partial charge < -0.3 is 9.84 Å². The van der Waals surface area contributed by atoms with E-state index >= 15 is 0 Å². The Kier molecular flexibility index (Phi) is 3.71. The van der Waals surface area contributed by atoms with Crippen LogP contribution in [-0.2, 0) is 0 Å². The van der Waals surface area contributed by atoms with Crippen LogP contribution < -0.4 is 4.74 Å². The highest BCUT2D eigenvalue weighted by atomic mass is 19.4. The van der Waals surface area contributed by atoms with Gasteiger partial charge in [-0.15, -0.1) is 13.2 Å². The molecule has 0 aliphatic rings. The number of halogens is 3. The van der Waals surface area contributed by atoms with E-state index in [0.29, 0.717) is 5.56 Å². The SMILES string of the molecule is CC(C)(C)C(O)c1cccc(OC(F)(F)F)c1. The minimum absolute atomic E-state index is 0.321. The third kappa shape index (κ3) is 4.26. The summed E-state index contributed by atoms with van der Waals surface area (Å²) in [5, 5.41) is 9.94. The first kappa shape index (κ1) is 13.8. The highest BCUT2D eigenvalue weighted by Gasteiger charge is 2.31. The standard InChI is InChI=1S/C12H15F3O2/c1-11(2,3)10(16)8-5-4-6-9(7-8)17-12(13,14)15/h4-7,10,16H,1-3H3. The minimum atomic E-state index is -4.72. The number of aliphatic hydroxyl groups excluding tert-OH is 1. The van der Waals surface area contributed by atoms with Crippen LogP contribution in [0.25, 0.3) is 0 Å². The van der Waals surface area contributed by atoms with E-state index in [1.165, 1.54) is 18.2 Å². The summed E-state index contributed by atoms with van der Waals surface area (Å²) >= 11 is 0. The third-order valence-electron chi connectivity index (χ3n) is 2.23. The fourth-order valence-electron chi connectivity index (χ4n) is 1.38. The van der Waals surface area contributed by atoms with Crippen LogP contribution in [0, 0.1) is 5.41 Å². The molecular weight excluding hydrogens is 233 g/mol. The van der Waals surface area contributed by atoms with Gasteiger partial charge in [0.25, 0.3) is 0 Å². The summed E-state index contributed by atoms with van der Waals surface area (Å²) in [6.45, 7) is 5.40. The second kappa shape index (κ2) is 4.56. The molecule has 96 valence electrons. The molecule has 17 heavy (non-hydrogen) atoms. The Hall–Kier alpha value is -1.23. The summed E-state index contributed by atoms with van der Waals surface area (Å²) in [4.78, 5) is 0. The van der Waals surface area contributed by atoms with Gasteiger partial charge in [-0.25, -0.2) is 0 Å². The lowest BCUT2D eigenvalue weighted by Crippen LogP contribution is -2.19. The summed E-state index contributed by atoms with van der Waals surface area (Å²) in [5.41, 5.74) is -0.0455. The van der Waals surface area contributed by atoms with E-state index in [4.69, 9.17) is 0 Å². The van der Waals surface area contributed by atoms with Crippen LogP contribution in [0.3, 0.4) is 0 Å². The zero-order valence-electron chi connectivity index (χ0n) is 9.88. The first-order chi connectivity index (χ1) is 7.59. The summed E-state index contributed by atoms with van der Waals surface area (Å²) in [6, 6.07) is 5.39. The van der Waals surface area contributed by atoms with Crippen LogP contribution in [0.1, 0.15) is 32.4 Å². The predicted octanol–water partition coefficient (Wildman–Crippen LogP) is 3.66. The van der Waals surface area contributed by atoms with E-state index in [1.807, 2.05) is 0 Å². The van der Waals surface area contributed by atoms with Gasteiger partial charge in [0, 0.05) is 0 Å². The van der Waals surface area contributed by atoms with Crippen LogP contribution in [-0.4, -0.2) is 11.5 Å². The van der Waals surface area contributed by atoms with Crippen molar-refractivity contribution in [2.24, 2.45) is 5.41 Å². The molecule has 0 aromatic heterocycles. The van der Waals surface area contributed by atoms with Crippen molar-refractivity contribution in [2.75, 3.05) is 0 Å². The molecule has 0 radical (unpaired) electrons. The van der Waals surface area contributed by atoms with Gasteiger partial charge in [-0.1, -0.05) is 32.9 Å². The maximum atomic E-state index is 12.0. The van der Waals surface area contributed by atoms with E-state index in [9.17, 15) is 18.3 Å². The topological polar surface area (TPSA) is 29.5 Å². The molecule has 2 nitrogen and oxygen atoms in total. The molecule has 5 heteroatoms. The average molecular weight is 248 g/mol. The van der Waals surface area contributed by atoms with Crippen molar-refractivity contribution >= 4 is 0 Å². The normalized spacial score (nSPS) is 14.5. The molecule has 0 saturated carbocycles. The third-order valence-corrected chi connectivity index (χ3v) is 2.23. The Morgan fingerprint density at radius 3 is 2.24 bits per heavy atom. The number of aliphatic hydroxyl groups is 1. The monoisotopic (exact) mass is 248 g/mol. The van der Waals surface area contributed by atoms with Crippen molar-refractivity contribution in [3.8, 4) is 5.75 Å². The average Bonchev–Trinajstić information content (AvgIpc) is 2.12. The Balaban J connectivity index is 2.94. The lowest BCUT2D eigenvalue weighted by Gasteiger charge is -2.26. The largest absolute Gasteiger partial charge is 0.573 e. The van der Waals surface area contributed by atoms with Crippen LogP contribution in [0.2, 0.25) is 0 Å². The van der Waals surface area contributed by atoms with Crippen molar-refractivity contribution in [3.05, 3.63) is 29.8 Å². The number of alkyl halides is 3. The number of hydrogen-bond donors (Lipinski definition) is 1. The van der Waals surface area contributed by atoms with Crippen molar-refractivity contribution in [2.45, 2.75) is 33.2 Å². The van der Waals surface area contributed by atoms with Crippen LogP contribution in [0.5, 0.6) is 5.75 Å². The van der Waals surface area contributed by atoms with Gasteiger partial charge in [-0.2, -0.15) is 0 Å². The zero-order valence-corrected chi connectivity index (χ0v) is 9.88. The van der Waals surface area contributed by atoms with Gasteiger partial charge in [0.05, 0.1) is 6.10 Å². The van der Waals surface area contributed by atoms with Crippen molar-refractivity contribution < 1.29 is 23.0 Å². The molecule has 0 bridgehead atoms. The molecule has 0 aliphatic heterocycles. The first-order valence-electron chi connectivity index (χ1n) is 5.13. The molecule has 0 saturated heterocycles. The second-order valence-corrected chi connectivity index (χ2v) is 4.89. The predicted molar refractivity (Wildman–Crippen MR) is 57.5 cm³/mol. The number of hydrogen-bond acceptors (Lipinski definition) is 2. The quantitative estimate of drug-likeness (QED) is 0.865. The fraction of sp³-hybridized carbons (Fsp3) is 0.500. The minimum Gasteiger partial charge on any atom is -0.406 e. The van der Waals surface area contributed by atoms with Crippen LogP contribution >= 0.6 is 0 Å². The summed E-state index contributed by atoms with van der Waals surface area (Å²) in [5.74, 6) is -0.321. The Bertz CT molecular complexity index is 380. The Labute approximate surface area is 98.0 Å². The van der Waals surface area contributed by atoms with Gasteiger partial charge in [0.2, 0.25) is 0 Å². The smallest absolute Gasteiger partial charge is 0.406 e. The fourth-order valence-corrected chi connectivity index (χ4v) is 1.38. The van der Waals surface area contributed by atoms with Crippen molar-refractivity contribution in [1.29, 1.82) is 0 Å². The number of rotatable bonds is 2. The number of benzene rings is 1. The number of ether oxygens (including phenoxy) is 1. The molecule has 0 fully saturated rings. The van der Waals surface area contributed by atoms with E-state index in [1.54, 1.807) is 26.8 Å². The molecule has 0 aliphatic carbocycles. The lowest BCUT2D eigenvalue weighted by atomic mass is 9.85. The van der Waals surface area contributed by atoms with E-state index < -0.39 is 17.9 Å². The lowest BCUT2D eigenvalue weighted by molar-refractivity contribution is -0.274. The summed E-state index contributed by atoms with van der Waals surface area (Å²) < 4.78 is 39.9. The molecule has 1 unspecified atom stereocenters. The second-order valence-electron chi connectivity index (χ2n) is 4.89. The van der Waals surface area contributed by atoms with E-state index in [-0.39, 0.29) is 5.75 Å². The van der Waals surface area contributed by atoms with E-state index in [2.05, 4.69) is 4.74 Å². The van der Waals surface area contributed by atoms with Gasteiger partial charge in [-0.05, 0) is 23.1 Å². The van der Waals surface area contributed by atoms with Crippen molar-refractivity contribution in [3.63, 3.8) is 0 Å². The van der Waals surface area contributed by atoms with Crippen molar-refractivity contribution in [1.82, 2.24) is 0 Å². The maximum Gasteiger partial charge on any atom is 0.573 e. The highest BCUT2D eigenvalue weighted by Crippen LogP contribution is 2.34. The van der Waals surface area contributed by atoms with Gasteiger partial charge >= 0.3 is 6.36 Å². The Morgan fingerprint density at radius 2 is 1.76 bits per heavy atom. The van der Waals surface area contributed by atoms with Gasteiger partial charge in [0.15, 0.2) is 0 Å². The molecule has 1 N–H and O–H groups in total. The molecule has 1 aromatic carbocycles.